The van der Waals surface area contributed by atoms with Gasteiger partial charge in [0.05, 0.1) is 12.7 Å². The summed E-state index contributed by atoms with van der Waals surface area (Å²) in [5, 5.41) is 7.28. The highest BCUT2D eigenvalue weighted by Crippen LogP contribution is 2.28. The van der Waals surface area contributed by atoms with Crippen molar-refractivity contribution in [1.82, 2.24) is 15.5 Å². The van der Waals surface area contributed by atoms with Gasteiger partial charge in [0.1, 0.15) is 11.8 Å². The molecule has 0 aliphatic rings. The highest BCUT2D eigenvalue weighted by atomic mass is 35.5. The van der Waals surface area contributed by atoms with Crippen LogP contribution in [0.1, 0.15) is 29.2 Å². The molecule has 3 rings (SSSR count). The highest BCUT2D eigenvalue weighted by Gasteiger charge is 2.19. The number of methoxy groups -OCH3 is 1. The lowest BCUT2D eigenvalue weighted by Gasteiger charge is -2.09. The number of rotatable bonds is 5. The topological polar surface area (TPSA) is 77.3 Å². The van der Waals surface area contributed by atoms with Crippen molar-refractivity contribution in [3.63, 3.8) is 0 Å². The van der Waals surface area contributed by atoms with Gasteiger partial charge in [0.15, 0.2) is 0 Å². The number of carbonyl (C=O) groups excluding carboxylic acids is 1. The van der Waals surface area contributed by atoms with Gasteiger partial charge in [-0.15, -0.1) is 0 Å². The largest absolute Gasteiger partial charge is 0.496 e. The molecule has 0 fully saturated rings. The molecular formula is C18H16ClN3O3. The standard InChI is InChI=1S/C18H16ClN3O3/c1-11(20-17(23)12-6-5-7-13(19)10-12)18-21-16(22-25-18)14-8-3-4-9-15(14)24-2/h3-11H,1-2H3,(H,20,23). The first-order valence-corrected chi connectivity index (χ1v) is 7.99. The number of aromatic nitrogens is 2. The van der Waals surface area contributed by atoms with E-state index in [1.54, 1.807) is 38.3 Å². The Morgan fingerprint density at radius 3 is 2.80 bits per heavy atom. The number of amides is 1. The van der Waals surface area contributed by atoms with Crippen molar-refractivity contribution < 1.29 is 14.1 Å². The third-order valence-corrected chi connectivity index (χ3v) is 3.83. The maximum absolute atomic E-state index is 12.3. The lowest BCUT2D eigenvalue weighted by atomic mass is 10.2. The van der Waals surface area contributed by atoms with Gasteiger partial charge in [-0.1, -0.05) is 35.0 Å². The average molecular weight is 358 g/mol. The molecule has 0 radical (unpaired) electrons. The second-order valence-corrected chi connectivity index (χ2v) is 5.80. The number of hydrogen-bond donors (Lipinski definition) is 1. The zero-order chi connectivity index (χ0) is 17.8. The molecule has 6 nitrogen and oxygen atoms in total. The van der Waals surface area contributed by atoms with E-state index in [1.165, 1.54) is 0 Å². The zero-order valence-corrected chi connectivity index (χ0v) is 14.4. The van der Waals surface area contributed by atoms with Crippen LogP contribution in [-0.4, -0.2) is 23.2 Å². The number of para-hydroxylation sites is 1. The number of halogens is 1. The van der Waals surface area contributed by atoms with Crippen molar-refractivity contribution in [2.24, 2.45) is 0 Å². The first kappa shape index (κ1) is 17.0. The zero-order valence-electron chi connectivity index (χ0n) is 13.7. The Kier molecular flexibility index (Phi) is 5.00. The molecule has 128 valence electrons. The van der Waals surface area contributed by atoms with Crippen LogP contribution in [0.2, 0.25) is 5.02 Å². The Balaban J connectivity index is 1.77. The molecule has 1 unspecified atom stereocenters. The van der Waals surface area contributed by atoms with E-state index in [-0.39, 0.29) is 5.91 Å². The van der Waals surface area contributed by atoms with Gasteiger partial charge in [0.2, 0.25) is 11.7 Å². The summed E-state index contributed by atoms with van der Waals surface area (Å²) in [6, 6.07) is 13.6. The third kappa shape index (κ3) is 3.80. The van der Waals surface area contributed by atoms with Gasteiger partial charge in [-0.25, -0.2) is 0 Å². The summed E-state index contributed by atoms with van der Waals surface area (Å²) in [6.07, 6.45) is 0. The minimum absolute atomic E-state index is 0.271. The Morgan fingerprint density at radius 1 is 1.24 bits per heavy atom. The summed E-state index contributed by atoms with van der Waals surface area (Å²) in [7, 11) is 1.58. The Bertz CT molecular complexity index is 895. The summed E-state index contributed by atoms with van der Waals surface area (Å²) in [5.41, 5.74) is 1.18. The second kappa shape index (κ2) is 7.36. The molecule has 7 heteroatoms. The maximum atomic E-state index is 12.3. The molecule has 1 N–H and O–H groups in total. The fourth-order valence-corrected chi connectivity index (χ4v) is 2.51. The molecule has 25 heavy (non-hydrogen) atoms. The van der Waals surface area contributed by atoms with Crippen LogP contribution in [0.15, 0.2) is 53.1 Å². The van der Waals surface area contributed by atoms with Gasteiger partial charge >= 0.3 is 0 Å². The second-order valence-electron chi connectivity index (χ2n) is 5.36. The van der Waals surface area contributed by atoms with Crippen LogP contribution in [0.4, 0.5) is 0 Å². The summed E-state index contributed by atoms with van der Waals surface area (Å²) < 4.78 is 10.6. The van der Waals surface area contributed by atoms with Crippen LogP contribution in [0, 0.1) is 0 Å². The van der Waals surface area contributed by atoms with E-state index >= 15 is 0 Å². The van der Waals surface area contributed by atoms with Crippen LogP contribution in [-0.2, 0) is 0 Å². The van der Waals surface area contributed by atoms with E-state index in [2.05, 4.69) is 15.5 Å². The number of nitrogens with zero attached hydrogens (tertiary/aromatic N) is 2. The van der Waals surface area contributed by atoms with Gasteiger partial charge in [0, 0.05) is 10.6 Å². The van der Waals surface area contributed by atoms with Crippen LogP contribution < -0.4 is 10.1 Å². The van der Waals surface area contributed by atoms with Gasteiger partial charge in [0.25, 0.3) is 5.91 Å². The molecule has 0 aliphatic heterocycles. The normalized spacial score (nSPS) is 11.8. The summed E-state index contributed by atoms with van der Waals surface area (Å²) in [4.78, 5) is 16.6. The van der Waals surface area contributed by atoms with Gasteiger partial charge in [-0.2, -0.15) is 4.98 Å². The number of hydrogen-bond acceptors (Lipinski definition) is 5. The van der Waals surface area contributed by atoms with Gasteiger partial charge in [-0.05, 0) is 37.3 Å². The molecule has 1 atom stereocenters. The Labute approximate surface area is 149 Å². The van der Waals surface area contributed by atoms with Crippen molar-refractivity contribution in [3.05, 3.63) is 65.0 Å². The van der Waals surface area contributed by atoms with Crippen molar-refractivity contribution in [3.8, 4) is 17.1 Å². The maximum Gasteiger partial charge on any atom is 0.251 e. The molecule has 0 saturated heterocycles. The summed E-state index contributed by atoms with van der Waals surface area (Å²) in [5.74, 6) is 1.07. The van der Waals surface area contributed by atoms with Crippen molar-refractivity contribution in [2.75, 3.05) is 7.11 Å². The molecule has 3 aromatic rings. The number of ether oxygens (including phenoxy) is 1. The minimum atomic E-state index is -0.456. The van der Waals surface area contributed by atoms with Crippen LogP contribution in [0.3, 0.4) is 0 Å². The molecule has 0 spiro atoms. The first-order valence-electron chi connectivity index (χ1n) is 7.62. The average Bonchev–Trinajstić information content (AvgIpc) is 3.11. The Hall–Kier alpha value is -2.86. The predicted molar refractivity (Wildman–Crippen MR) is 93.6 cm³/mol. The molecule has 0 saturated carbocycles. The minimum Gasteiger partial charge on any atom is -0.496 e. The van der Waals surface area contributed by atoms with Crippen LogP contribution in [0.25, 0.3) is 11.4 Å². The molecule has 2 aromatic carbocycles. The Morgan fingerprint density at radius 2 is 2.04 bits per heavy atom. The lowest BCUT2D eigenvalue weighted by Crippen LogP contribution is -2.26. The number of nitrogens with one attached hydrogen (secondary N) is 1. The quantitative estimate of drug-likeness (QED) is 0.749. The number of benzene rings is 2. The van der Waals surface area contributed by atoms with Crippen molar-refractivity contribution >= 4 is 17.5 Å². The van der Waals surface area contributed by atoms with E-state index in [9.17, 15) is 4.79 Å². The van der Waals surface area contributed by atoms with Crippen LogP contribution in [0.5, 0.6) is 5.75 Å². The van der Waals surface area contributed by atoms with Crippen molar-refractivity contribution in [1.29, 1.82) is 0 Å². The highest BCUT2D eigenvalue weighted by molar-refractivity contribution is 6.30. The third-order valence-electron chi connectivity index (χ3n) is 3.59. The SMILES string of the molecule is COc1ccccc1-c1noc(C(C)NC(=O)c2cccc(Cl)c2)n1. The summed E-state index contributed by atoms with van der Waals surface area (Å²) >= 11 is 5.91. The molecule has 0 aliphatic carbocycles. The monoisotopic (exact) mass is 357 g/mol. The molecular weight excluding hydrogens is 342 g/mol. The lowest BCUT2D eigenvalue weighted by molar-refractivity contribution is 0.0932. The fraction of sp³-hybridized carbons (Fsp3) is 0.167. The molecule has 1 heterocycles. The van der Waals surface area contributed by atoms with Gasteiger partial charge in [-0.3, -0.25) is 4.79 Å². The van der Waals surface area contributed by atoms with E-state index in [4.69, 9.17) is 20.9 Å². The van der Waals surface area contributed by atoms with E-state index in [0.717, 1.165) is 0 Å². The van der Waals surface area contributed by atoms with Gasteiger partial charge < -0.3 is 14.6 Å². The predicted octanol–water partition coefficient (Wildman–Crippen LogP) is 3.89. The van der Waals surface area contributed by atoms with Crippen LogP contribution >= 0.6 is 11.6 Å². The van der Waals surface area contributed by atoms with Crippen molar-refractivity contribution in [2.45, 2.75) is 13.0 Å². The molecule has 1 aromatic heterocycles. The molecule has 0 bridgehead atoms. The summed E-state index contributed by atoms with van der Waals surface area (Å²) in [6.45, 7) is 1.77. The van der Waals surface area contributed by atoms with E-state index in [0.29, 0.717) is 33.6 Å². The smallest absolute Gasteiger partial charge is 0.251 e. The van der Waals surface area contributed by atoms with E-state index < -0.39 is 6.04 Å². The molecule has 1 amide bonds. The fourth-order valence-electron chi connectivity index (χ4n) is 2.32. The van der Waals surface area contributed by atoms with E-state index in [1.807, 2.05) is 24.3 Å². The number of carbonyl (C=O) groups is 1. The first-order chi connectivity index (χ1) is 12.1.